The first-order chi connectivity index (χ1) is 12.0. The lowest BCUT2D eigenvalue weighted by Crippen LogP contribution is -2.36. The largest absolute Gasteiger partial charge is 0.497 e. The molecule has 1 aromatic carbocycles. The van der Waals surface area contributed by atoms with Crippen LogP contribution in [0.25, 0.3) is 5.69 Å². The highest BCUT2D eigenvalue weighted by Crippen LogP contribution is 2.24. The van der Waals surface area contributed by atoms with Gasteiger partial charge in [-0.05, 0) is 76.0 Å². The number of benzene rings is 1. The molecular weight excluding hydrogens is 312 g/mol. The predicted molar refractivity (Wildman–Crippen MR) is 101 cm³/mol. The van der Waals surface area contributed by atoms with Crippen molar-refractivity contribution in [3.8, 4) is 11.4 Å². The van der Waals surface area contributed by atoms with Gasteiger partial charge in [0.15, 0.2) is 5.78 Å². The SMILES string of the molecule is COc1ccc(-n2c(C)cc(C(=O)CN3CCC(C)CC3)c2C)cc1. The van der Waals surface area contributed by atoms with E-state index in [-0.39, 0.29) is 5.78 Å². The summed E-state index contributed by atoms with van der Waals surface area (Å²) in [4.78, 5) is 15.1. The zero-order valence-electron chi connectivity index (χ0n) is 15.7. The Hall–Kier alpha value is -2.07. The van der Waals surface area contributed by atoms with Crippen molar-refractivity contribution in [1.29, 1.82) is 0 Å². The summed E-state index contributed by atoms with van der Waals surface area (Å²) in [6.07, 6.45) is 2.39. The van der Waals surface area contributed by atoms with Crippen molar-refractivity contribution in [3.63, 3.8) is 0 Å². The van der Waals surface area contributed by atoms with Gasteiger partial charge in [-0.3, -0.25) is 9.69 Å². The van der Waals surface area contributed by atoms with Gasteiger partial charge in [0.05, 0.1) is 13.7 Å². The maximum Gasteiger partial charge on any atom is 0.178 e. The summed E-state index contributed by atoms with van der Waals surface area (Å²) in [6, 6.07) is 9.97. The standard InChI is InChI=1S/C21H28N2O2/c1-15-9-11-22(12-10-15)14-21(24)20-13-16(2)23(17(20)3)18-5-7-19(25-4)8-6-18/h5-8,13,15H,9-12,14H2,1-4H3. The van der Waals surface area contributed by atoms with Crippen molar-refractivity contribution >= 4 is 5.78 Å². The second kappa shape index (κ2) is 7.44. The number of carbonyl (C=O) groups is 1. The molecule has 0 aliphatic carbocycles. The summed E-state index contributed by atoms with van der Waals surface area (Å²) in [5.41, 5.74) is 3.99. The van der Waals surface area contributed by atoms with Gasteiger partial charge in [-0.1, -0.05) is 6.92 Å². The molecule has 2 heterocycles. The maximum atomic E-state index is 12.8. The fourth-order valence-corrected chi connectivity index (χ4v) is 3.68. The van der Waals surface area contributed by atoms with Gasteiger partial charge in [0, 0.05) is 22.6 Å². The third-order valence-electron chi connectivity index (χ3n) is 5.31. The number of carbonyl (C=O) groups excluding carboxylic acids is 1. The number of ketones is 1. The van der Waals surface area contributed by atoms with Crippen LogP contribution in [-0.4, -0.2) is 42.0 Å². The van der Waals surface area contributed by atoms with Gasteiger partial charge < -0.3 is 9.30 Å². The summed E-state index contributed by atoms with van der Waals surface area (Å²) in [6.45, 7) is 8.97. The quantitative estimate of drug-likeness (QED) is 0.771. The molecule has 0 amide bonds. The Labute approximate surface area is 150 Å². The maximum absolute atomic E-state index is 12.8. The van der Waals surface area contributed by atoms with Crippen molar-refractivity contribution in [2.24, 2.45) is 5.92 Å². The monoisotopic (exact) mass is 340 g/mol. The minimum Gasteiger partial charge on any atom is -0.497 e. The fourth-order valence-electron chi connectivity index (χ4n) is 3.68. The molecule has 3 rings (SSSR count). The van der Waals surface area contributed by atoms with Crippen LogP contribution in [-0.2, 0) is 0 Å². The van der Waals surface area contributed by atoms with Gasteiger partial charge in [0.1, 0.15) is 5.75 Å². The van der Waals surface area contributed by atoms with Gasteiger partial charge in [-0.2, -0.15) is 0 Å². The van der Waals surface area contributed by atoms with Crippen molar-refractivity contribution < 1.29 is 9.53 Å². The van der Waals surface area contributed by atoms with Crippen molar-refractivity contribution in [1.82, 2.24) is 9.47 Å². The van der Waals surface area contributed by atoms with Crippen LogP contribution in [0.3, 0.4) is 0 Å². The molecule has 25 heavy (non-hydrogen) atoms. The smallest absolute Gasteiger partial charge is 0.178 e. The molecule has 1 aliphatic rings. The number of ether oxygens (including phenoxy) is 1. The summed E-state index contributed by atoms with van der Waals surface area (Å²) < 4.78 is 7.38. The topological polar surface area (TPSA) is 34.5 Å². The lowest BCUT2D eigenvalue weighted by atomic mass is 9.99. The van der Waals surface area contributed by atoms with E-state index in [4.69, 9.17) is 4.74 Å². The number of rotatable bonds is 5. The number of hydrogen-bond donors (Lipinski definition) is 0. The Morgan fingerprint density at radius 2 is 1.80 bits per heavy atom. The third-order valence-corrected chi connectivity index (χ3v) is 5.31. The first-order valence-corrected chi connectivity index (χ1v) is 9.08. The highest BCUT2D eigenvalue weighted by Gasteiger charge is 2.22. The number of Topliss-reactive ketones (excluding diaryl/α,β-unsaturated/α-hetero) is 1. The van der Waals surface area contributed by atoms with E-state index in [9.17, 15) is 4.79 Å². The summed E-state index contributed by atoms with van der Waals surface area (Å²) in [5.74, 6) is 1.84. The molecule has 134 valence electrons. The van der Waals surface area contributed by atoms with E-state index in [0.29, 0.717) is 6.54 Å². The summed E-state index contributed by atoms with van der Waals surface area (Å²) in [5, 5.41) is 0. The molecule has 0 bridgehead atoms. The van der Waals surface area contributed by atoms with E-state index in [1.165, 1.54) is 12.8 Å². The molecule has 0 spiro atoms. The van der Waals surface area contributed by atoms with Crippen LogP contribution in [0, 0.1) is 19.8 Å². The van der Waals surface area contributed by atoms with Crippen molar-refractivity contribution in [2.75, 3.05) is 26.7 Å². The molecule has 1 saturated heterocycles. The van der Waals surface area contributed by atoms with E-state index in [0.717, 1.165) is 47.4 Å². The first-order valence-electron chi connectivity index (χ1n) is 9.08. The lowest BCUT2D eigenvalue weighted by Gasteiger charge is -2.29. The Kier molecular flexibility index (Phi) is 5.28. The van der Waals surface area contributed by atoms with Crippen LogP contribution in [0.2, 0.25) is 0 Å². The Bertz CT molecular complexity index is 738. The number of methoxy groups -OCH3 is 1. The minimum absolute atomic E-state index is 0.224. The van der Waals surface area contributed by atoms with Crippen LogP contribution in [0.4, 0.5) is 0 Å². The number of piperidine rings is 1. The second-order valence-corrected chi connectivity index (χ2v) is 7.20. The van der Waals surface area contributed by atoms with Gasteiger partial charge in [0.2, 0.25) is 0 Å². The molecule has 4 heteroatoms. The first kappa shape index (κ1) is 17.7. The third kappa shape index (κ3) is 3.79. The molecule has 0 unspecified atom stereocenters. The van der Waals surface area contributed by atoms with E-state index in [1.807, 2.05) is 37.3 Å². The molecule has 1 aliphatic heterocycles. The number of aryl methyl sites for hydroxylation is 1. The van der Waals surface area contributed by atoms with Crippen LogP contribution in [0.1, 0.15) is 41.5 Å². The zero-order valence-corrected chi connectivity index (χ0v) is 15.7. The number of aromatic nitrogens is 1. The van der Waals surface area contributed by atoms with E-state index in [1.54, 1.807) is 7.11 Å². The zero-order chi connectivity index (χ0) is 18.0. The molecular formula is C21H28N2O2. The Morgan fingerprint density at radius 3 is 2.40 bits per heavy atom. The Morgan fingerprint density at radius 1 is 1.16 bits per heavy atom. The molecule has 0 radical (unpaired) electrons. The summed E-state index contributed by atoms with van der Waals surface area (Å²) >= 11 is 0. The normalized spacial score (nSPS) is 16.2. The van der Waals surface area contributed by atoms with E-state index < -0.39 is 0 Å². The average molecular weight is 340 g/mol. The fraction of sp³-hybridized carbons (Fsp3) is 0.476. The van der Waals surface area contributed by atoms with Crippen LogP contribution in [0.5, 0.6) is 5.75 Å². The minimum atomic E-state index is 0.224. The molecule has 0 saturated carbocycles. The molecule has 0 atom stereocenters. The van der Waals surface area contributed by atoms with Gasteiger partial charge in [-0.15, -0.1) is 0 Å². The Balaban J connectivity index is 1.79. The second-order valence-electron chi connectivity index (χ2n) is 7.20. The van der Waals surface area contributed by atoms with Gasteiger partial charge in [-0.25, -0.2) is 0 Å². The molecule has 0 N–H and O–H groups in total. The molecule has 1 fully saturated rings. The van der Waals surface area contributed by atoms with E-state index >= 15 is 0 Å². The summed E-state index contributed by atoms with van der Waals surface area (Å²) in [7, 11) is 1.67. The van der Waals surface area contributed by atoms with Gasteiger partial charge in [0.25, 0.3) is 0 Å². The van der Waals surface area contributed by atoms with E-state index in [2.05, 4.69) is 23.3 Å². The average Bonchev–Trinajstić information content (AvgIpc) is 2.91. The molecule has 4 nitrogen and oxygen atoms in total. The highest BCUT2D eigenvalue weighted by molar-refractivity contribution is 5.99. The molecule has 2 aromatic rings. The highest BCUT2D eigenvalue weighted by atomic mass is 16.5. The predicted octanol–water partition coefficient (Wildman–Crippen LogP) is 4.02. The van der Waals surface area contributed by atoms with Crippen LogP contribution >= 0.6 is 0 Å². The number of likely N-dealkylation sites (tertiary alicyclic amines) is 1. The molecule has 1 aromatic heterocycles. The van der Waals surface area contributed by atoms with Gasteiger partial charge >= 0.3 is 0 Å². The number of nitrogens with zero attached hydrogens (tertiary/aromatic N) is 2. The van der Waals surface area contributed by atoms with Crippen molar-refractivity contribution in [2.45, 2.75) is 33.6 Å². The van der Waals surface area contributed by atoms with Crippen LogP contribution in [0.15, 0.2) is 30.3 Å². The lowest BCUT2D eigenvalue weighted by molar-refractivity contribution is 0.0899. The van der Waals surface area contributed by atoms with Crippen LogP contribution < -0.4 is 4.74 Å². The van der Waals surface area contributed by atoms with Crippen molar-refractivity contribution in [3.05, 3.63) is 47.3 Å². The number of hydrogen-bond acceptors (Lipinski definition) is 3.